The third kappa shape index (κ3) is 4.70. The number of benzene rings is 1. The number of hydrogen-bond acceptors (Lipinski definition) is 3. The molecule has 0 aliphatic carbocycles. The lowest BCUT2D eigenvalue weighted by molar-refractivity contribution is -0.137. The summed E-state index contributed by atoms with van der Waals surface area (Å²) in [4.78, 5) is 16.3. The standard InChI is InChI=1S/C18H23F3N2OS/c19-18(20,21)15-7-4-6-14(12-15)17-23(16(24)13-25-17)11-5-10-22-8-2-1-3-9-22/h4,6-7,12,17H,1-3,5,8-11,13H2. The highest BCUT2D eigenvalue weighted by Gasteiger charge is 2.35. The van der Waals surface area contributed by atoms with Gasteiger partial charge >= 0.3 is 6.18 Å². The molecule has 2 aliphatic rings. The Balaban J connectivity index is 1.63. The average Bonchev–Trinajstić information content (AvgIpc) is 2.96. The Morgan fingerprint density at radius 2 is 1.88 bits per heavy atom. The van der Waals surface area contributed by atoms with Crippen LogP contribution in [0, 0.1) is 0 Å². The van der Waals surface area contributed by atoms with Crippen LogP contribution in [-0.2, 0) is 11.0 Å². The first-order valence-corrected chi connectivity index (χ1v) is 9.80. The van der Waals surface area contributed by atoms with Gasteiger partial charge in [-0.25, -0.2) is 0 Å². The summed E-state index contributed by atoms with van der Waals surface area (Å²) >= 11 is 1.41. The summed E-state index contributed by atoms with van der Waals surface area (Å²) in [6, 6.07) is 5.36. The molecule has 0 bridgehead atoms. The zero-order valence-corrected chi connectivity index (χ0v) is 14.9. The number of nitrogens with zero attached hydrogens (tertiary/aromatic N) is 2. The van der Waals surface area contributed by atoms with Crippen LogP contribution >= 0.6 is 11.8 Å². The predicted molar refractivity (Wildman–Crippen MR) is 93.3 cm³/mol. The van der Waals surface area contributed by atoms with E-state index in [-0.39, 0.29) is 11.3 Å². The van der Waals surface area contributed by atoms with E-state index in [1.165, 1.54) is 43.2 Å². The van der Waals surface area contributed by atoms with Crippen LogP contribution in [0.1, 0.15) is 42.2 Å². The molecule has 2 aliphatic heterocycles. The molecule has 0 aromatic heterocycles. The van der Waals surface area contributed by atoms with Crippen LogP contribution in [0.15, 0.2) is 24.3 Å². The summed E-state index contributed by atoms with van der Waals surface area (Å²) in [5, 5.41) is -0.309. The molecule has 3 nitrogen and oxygen atoms in total. The van der Waals surface area contributed by atoms with Crippen molar-refractivity contribution in [3.05, 3.63) is 35.4 Å². The molecule has 1 amide bonds. The number of thioether (sulfide) groups is 1. The molecule has 0 N–H and O–H groups in total. The lowest BCUT2D eigenvalue weighted by atomic mass is 10.1. The molecule has 1 atom stereocenters. The molecule has 7 heteroatoms. The fourth-order valence-electron chi connectivity index (χ4n) is 3.49. The van der Waals surface area contributed by atoms with Crippen LogP contribution in [0.5, 0.6) is 0 Å². The van der Waals surface area contributed by atoms with Crippen molar-refractivity contribution < 1.29 is 18.0 Å². The summed E-state index contributed by atoms with van der Waals surface area (Å²) in [5.41, 5.74) is -0.0955. The highest BCUT2D eigenvalue weighted by molar-refractivity contribution is 8.00. The van der Waals surface area contributed by atoms with Gasteiger partial charge in [0.1, 0.15) is 5.37 Å². The van der Waals surface area contributed by atoms with Crippen molar-refractivity contribution in [3.63, 3.8) is 0 Å². The minimum absolute atomic E-state index is 0.0195. The number of hydrogen-bond donors (Lipinski definition) is 0. The van der Waals surface area contributed by atoms with Crippen molar-refractivity contribution in [2.24, 2.45) is 0 Å². The van der Waals surface area contributed by atoms with E-state index in [2.05, 4.69) is 4.90 Å². The topological polar surface area (TPSA) is 23.6 Å². The normalized spacial score (nSPS) is 22.6. The molecular weight excluding hydrogens is 349 g/mol. The molecule has 0 radical (unpaired) electrons. The van der Waals surface area contributed by atoms with E-state index in [1.54, 1.807) is 11.0 Å². The second-order valence-electron chi connectivity index (χ2n) is 6.63. The second kappa shape index (κ2) is 7.99. The van der Waals surface area contributed by atoms with Gasteiger partial charge in [-0.15, -0.1) is 11.8 Å². The first-order valence-electron chi connectivity index (χ1n) is 8.76. The first kappa shape index (κ1) is 18.6. The van der Waals surface area contributed by atoms with Crippen molar-refractivity contribution in [2.75, 3.05) is 31.9 Å². The van der Waals surface area contributed by atoms with Crippen LogP contribution in [-0.4, -0.2) is 47.6 Å². The molecular formula is C18H23F3N2OS. The zero-order valence-electron chi connectivity index (χ0n) is 14.1. The molecule has 0 spiro atoms. The summed E-state index contributed by atoms with van der Waals surface area (Å²) < 4.78 is 38.8. The first-order chi connectivity index (χ1) is 11.9. The van der Waals surface area contributed by atoms with Crippen LogP contribution in [0.25, 0.3) is 0 Å². The second-order valence-corrected chi connectivity index (χ2v) is 7.70. The van der Waals surface area contributed by atoms with E-state index < -0.39 is 11.7 Å². The maximum Gasteiger partial charge on any atom is 0.416 e. The molecule has 2 heterocycles. The average molecular weight is 372 g/mol. The van der Waals surface area contributed by atoms with Gasteiger partial charge < -0.3 is 9.80 Å². The minimum atomic E-state index is -4.36. The lowest BCUT2D eigenvalue weighted by Gasteiger charge is -2.29. The van der Waals surface area contributed by atoms with Crippen molar-refractivity contribution in [2.45, 2.75) is 37.2 Å². The summed E-state index contributed by atoms with van der Waals surface area (Å²) in [5.74, 6) is 0.357. The van der Waals surface area contributed by atoms with Gasteiger partial charge in [-0.3, -0.25) is 4.79 Å². The highest BCUT2D eigenvalue weighted by atomic mass is 32.2. The molecule has 2 fully saturated rings. The van der Waals surface area contributed by atoms with Crippen LogP contribution < -0.4 is 0 Å². The van der Waals surface area contributed by atoms with E-state index in [9.17, 15) is 18.0 Å². The Morgan fingerprint density at radius 3 is 2.60 bits per heavy atom. The van der Waals surface area contributed by atoms with Crippen LogP contribution in [0.2, 0.25) is 0 Å². The lowest BCUT2D eigenvalue weighted by Crippen LogP contribution is -2.34. The van der Waals surface area contributed by atoms with E-state index >= 15 is 0 Å². The number of likely N-dealkylation sites (tertiary alicyclic amines) is 1. The van der Waals surface area contributed by atoms with Crippen molar-refractivity contribution in [1.29, 1.82) is 0 Å². The van der Waals surface area contributed by atoms with Crippen LogP contribution in [0.3, 0.4) is 0 Å². The van der Waals surface area contributed by atoms with Gasteiger partial charge in [-0.05, 0) is 56.6 Å². The monoisotopic (exact) mass is 372 g/mol. The molecule has 138 valence electrons. The van der Waals surface area contributed by atoms with E-state index in [1.807, 2.05) is 0 Å². The maximum atomic E-state index is 12.9. The Kier molecular flexibility index (Phi) is 5.94. The van der Waals surface area contributed by atoms with E-state index in [4.69, 9.17) is 0 Å². The number of piperidine rings is 1. The van der Waals surface area contributed by atoms with Crippen molar-refractivity contribution in [3.8, 4) is 0 Å². The largest absolute Gasteiger partial charge is 0.416 e. The minimum Gasteiger partial charge on any atom is -0.326 e. The van der Waals surface area contributed by atoms with E-state index in [0.29, 0.717) is 17.9 Å². The summed E-state index contributed by atoms with van der Waals surface area (Å²) in [6.45, 7) is 3.77. The van der Waals surface area contributed by atoms with Gasteiger partial charge in [0.25, 0.3) is 0 Å². The van der Waals surface area contributed by atoms with Crippen LogP contribution in [0.4, 0.5) is 13.2 Å². The van der Waals surface area contributed by atoms with Gasteiger partial charge in [0, 0.05) is 6.54 Å². The highest BCUT2D eigenvalue weighted by Crippen LogP contribution is 2.40. The van der Waals surface area contributed by atoms with Crippen molar-refractivity contribution in [1.82, 2.24) is 9.80 Å². The molecule has 25 heavy (non-hydrogen) atoms. The maximum absolute atomic E-state index is 12.9. The third-order valence-electron chi connectivity index (χ3n) is 4.79. The number of rotatable bonds is 5. The molecule has 1 aromatic carbocycles. The third-order valence-corrected chi connectivity index (χ3v) is 6.05. The summed E-state index contributed by atoms with van der Waals surface area (Å²) in [7, 11) is 0. The summed E-state index contributed by atoms with van der Waals surface area (Å²) in [6.07, 6.45) is 0.246. The van der Waals surface area contributed by atoms with Gasteiger partial charge in [0.2, 0.25) is 5.91 Å². The van der Waals surface area contributed by atoms with Crippen molar-refractivity contribution >= 4 is 17.7 Å². The number of alkyl halides is 3. The van der Waals surface area contributed by atoms with Gasteiger partial charge in [-0.1, -0.05) is 18.6 Å². The number of amides is 1. The molecule has 3 rings (SSSR count). The van der Waals surface area contributed by atoms with Gasteiger partial charge in [0.15, 0.2) is 0 Å². The Labute approximate surface area is 150 Å². The smallest absolute Gasteiger partial charge is 0.326 e. The fourth-order valence-corrected chi connectivity index (χ4v) is 4.70. The Hall–Kier alpha value is -1.21. The Morgan fingerprint density at radius 1 is 1.12 bits per heavy atom. The Bertz CT molecular complexity index is 602. The molecule has 0 saturated carbocycles. The number of carbonyl (C=O) groups is 1. The molecule has 1 aromatic rings. The zero-order chi connectivity index (χ0) is 17.9. The fraction of sp³-hybridized carbons (Fsp3) is 0.611. The van der Waals surface area contributed by atoms with E-state index in [0.717, 1.165) is 32.1 Å². The number of carbonyl (C=O) groups excluding carboxylic acids is 1. The molecule has 1 unspecified atom stereocenters. The van der Waals surface area contributed by atoms with Gasteiger partial charge in [0.05, 0.1) is 11.3 Å². The molecule has 2 saturated heterocycles. The SMILES string of the molecule is O=C1CSC(c2cccc(C(F)(F)F)c2)N1CCCN1CCCCC1. The number of halogens is 3. The predicted octanol–water partition coefficient (Wildman–Crippen LogP) is 4.16. The van der Waals surface area contributed by atoms with Gasteiger partial charge in [-0.2, -0.15) is 13.2 Å². The quantitative estimate of drug-likeness (QED) is 0.776.